The van der Waals surface area contributed by atoms with Gasteiger partial charge in [-0.1, -0.05) is 0 Å². The van der Waals surface area contributed by atoms with E-state index < -0.39 is 11.9 Å². The van der Waals surface area contributed by atoms with E-state index in [1.807, 2.05) is 26.8 Å². The molecule has 1 aliphatic heterocycles. The van der Waals surface area contributed by atoms with Crippen molar-refractivity contribution in [2.24, 2.45) is 5.92 Å². The van der Waals surface area contributed by atoms with Crippen molar-refractivity contribution >= 4 is 11.9 Å². The Morgan fingerprint density at radius 1 is 1.45 bits per heavy atom. The molecule has 0 aliphatic carbocycles. The zero-order valence-corrected chi connectivity index (χ0v) is 12.2. The van der Waals surface area contributed by atoms with Crippen LogP contribution in [0.5, 0.6) is 0 Å². The molecule has 0 unspecified atom stereocenters. The summed E-state index contributed by atoms with van der Waals surface area (Å²) in [6, 6.07) is 1.66. The normalized spacial score (nSPS) is 22.9. The van der Waals surface area contributed by atoms with Crippen molar-refractivity contribution in [3.8, 4) is 0 Å². The molecule has 1 aromatic heterocycles. The number of carbonyl (C=O) groups excluding carboxylic acids is 1. The van der Waals surface area contributed by atoms with Crippen molar-refractivity contribution in [2.45, 2.75) is 46.2 Å². The van der Waals surface area contributed by atoms with Gasteiger partial charge in [0.1, 0.15) is 6.54 Å². The number of aryl methyl sites for hydroxylation is 2. The highest BCUT2D eigenvalue weighted by Gasteiger charge is 2.35. The zero-order valence-electron chi connectivity index (χ0n) is 12.2. The third-order valence-corrected chi connectivity index (χ3v) is 4.01. The Hall–Kier alpha value is -1.85. The van der Waals surface area contributed by atoms with Gasteiger partial charge in [-0.15, -0.1) is 0 Å². The Morgan fingerprint density at radius 2 is 2.15 bits per heavy atom. The van der Waals surface area contributed by atoms with Crippen LogP contribution in [0.3, 0.4) is 0 Å². The van der Waals surface area contributed by atoms with Crippen molar-refractivity contribution in [3.05, 3.63) is 17.5 Å². The van der Waals surface area contributed by atoms with Crippen molar-refractivity contribution < 1.29 is 14.7 Å². The Bertz CT molecular complexity index is 524. The topological polar surface area (TPSA) is 75.4 Å². The number of nitrogens with zero attached hydrogens (tertiary/aromatic N) is 3. The van der Waals surface area contributed by atoms with Crippen LogP contribution in [0.25, 0.3) is 0 Å². The summed E-state index contributed by atoms with van der Waals surface area (Å²) in [6.07, 6.45) is 1.38. The first-order valence-corrected chi connectivity index (χ1v) is 6.93. The lowest BCUT2D eigenvalue weighted by molar-refractivity contribution is -0.149. The minimum atomic E-state index is -0.818. The fraction of sp³-hybridized carbons (Fsp3) is 0.643. The quantitative estimate of drug-likeness (QED) is 0.902. The second-order valence-corrected chi connectivity index (χ2v) is 5.50. The molecule has 0 bridgehead atoms. The molecular weight excluding hydrogens is 258 g/mol. The van der Waals surface area contributed by atoms with Gasteiger partial charge in [-0.25, -0.2) is 0 Å². The van der Waals surface area contributed by atoms with Gasteiger partial charge in [0.15, 0.2) is 0 Å². The number of aliphatic carboxylic acids is 1. The summed E-state index contributed by atoms with van der Waals surface area (Å²) in [7, 11) is 0. The second-order valence-electron chi connectivity index (χ2n) is 5.50. The van der Waals surface area contributed by atoms with Crippen LogP contribution < -0.4 is 0 Å². The molecule has 1 saturated heterocycles. The number of aromatic nitrogens is 2. The average Bonchev–Trinajstić information content (AvgIpc) is 2.67. The van der Waals surface area contributed by atoms with E-state index in [-0.39, 0.29) is 18.5 Å². The van der Waals surface area contributed by atoms with E-state index >= 15 is 0 Å². The van der Waals surface area contributed by atoms with Gasteiger partial charge in [0.25, 0.3) is 0 Å². The van der Waals surface area contributed by atoms with Gasteiger partial charge in [0.2, 0.25) is 5.91 Å². The number of carboxylic acids is 1. The summed E-state index contributed by atoms with van der Waals surface area (Å²) in [6.45, 7) is 6.42. The number of carboxylic acid groups (broad SMARTS) is 1. The maximum absolute atomic E-state index is 12.4. The molecule has 110 valence electrons. The van der Waals surface area contributed by atoms with E-state index in [4.69, 9.17) is 0 Å². The van der Waals surface area contributed by atoms with E-state index in [0.29, 0.717) is 13.0 Å². The lowest BCUT2D eigenvalue weighted by atomic mass is 9.90. The molecule has 1 aliphatic rings. The van der Waals surface area contributed by atoms with Crippen LogP contribution in [-0.4, -0.2) is 44.3 Å². The zero-order chi connectivity index (χ0) is 14.9. The van der Waals surface area contributed by atoms with Crippen LogP contribution in [0.15, 0.2) is 6.07 Å². The molecule has 0 radical (unpaired) electrons. The van der Waals surface area contributed by atoms with Gasteiger partial charge in [-0.2, -0.15) is 5.10 Å². The Labute approximate surface area is 118 Å². The number of carbonyl (C=O) groups is 2. The highest BCUT2D eigenvalue weighted by Crippen LogP contribution is 2.24. The van der Waals surface area contributed by atoms with Crippen LogP contribution in [-0.2, 0) is 16.1 Å². The summed E-state index contributed by atoms with van der Waals surface area (Å²) in [5.74, 6) is -1.34. The molecule has 0 spiro atoms. The molecule has 1 amide bonds. The lowest BCUT2D eigenvalue weighted by Crippen LogP contribution is -2.50. The second kappa shape index (κ2) is 5.64. The van der Waals surface area contributed by atoms with E-state index in [2.05, 4.69) is 5.10 Å². The molecule has 1 aromatic rings. The van der Waals surface area contributed by atoms with Crippen molar-refractivity contribution in [1.82, 2.24) is 14.7 Å². The smallest absolute Gasteiger partial charge is 0.308 e. The molecule has 2 rings (SSSR count). The standard InChI is InChI=1S/C14H21N3O3/c1-9-7-10(2)17(15-9)8-13(18)16-6-4-5-12(11(16)3)14(19)20/h7,11-12H,4-6,8H2,1-3H3,(H,19,20)/t11-,12-/m1/s1. The Kier molecular flexibility index (Phi) is 4.11. The largest absolute Gasteiger partial charge is 0.481 e. The van der Waals surface area contributed by atoms with Gasteiger partial charge in [-0.3, -0.25) is 14.3 Å². The molecule has 6 nitrogen and oxygen atoms in total. The monoisotopic (exact) mass is 279 g/mol. The van der Waals surface area contributed by atoms with E-state index in [1.165, 1.54) is 0 Å². The van der Waals surface area contributed by atoms with Gasteiger partial charge in [0, 0.05) is 18.3 Å². The van der Waals surface area contributed by atoms with E-state index in [1.54, 1.807) is 9.58 Å². The van der Waals surface area contributed by atoms with E-state index in [9.17, 15) is 14.7 Å². The minimum absolute atomic E-state index is 0.0605. The first-order valence-electron chi connectivity index (χ1n) is 6.93. The van der Waals surface area contributed by atoms with Gasteiger partial charge in [-0.05, 0) is 39.7 Å². The fourth-order valence-corrected chi connectivity index (χ4v) is 2.88. The number of piperidine rings is 1. The summed E-state index contributed by atoms with van der Waals surface area (Å²) in [5.41, 5.74) is 1.82. The van der Waals surface area contributed by atoms with Crippen LogP contribution in [0.1, 0.15) is 31.2 Å². The fourth-order valence-electron chi connectivity index (χ4n) is 2.88. The maximum atomic E-state index is 12.4. The molecule has 2 heterocycles. The van der Waals surface area contributed by atoms with E-state index in [0.717, 1.165) is 17.8 Å². The molecule has 0 saturated carbocycles. The van der Waals surface area contributed by atoms with Gasteiger partial charge < -0.3 is 10.0 Å². The Balaban J connectivity index is 2.08. The number of amides is 1. The number of rotatable bonds is 3. The first-order chi connectivity index (χ1) is 9.40. The summed E-state index contributed by atoms with van der Waals surface area (Å²) < 4.78 is 1.68. The number of hydrogen-bond acceptors (Lipinski definition) is 3. The molecule has 0 aromatic carbocycles. The Morgan fingerprint density at radius 3 is 2.70 bits per heavy atom. The maximum Gasteiger partial charge on any atom is 0.308 e. The predicted molar refractivity (Wildman–Crippen MR) is 73.2 cm³/mol. The molecule has 1 N–H and O–H groups in total. The molecular formula is C14H21N3O3. The third kappa shape index (κ3) is 2.84. The minimum Gasteiger partial charge on any atom is -0.481 e. The SMILES string of the molecule is Cc1cc(C)n(CC(=O)N2CCC[C@@H](C(=O)O)[C@H]2C)n1. The molecule has 6 heteroatoms. The summed E-state index contributed by atoms with van der Waals surface area (Å²) >= 11 is 0. The summed E-state index contributed by atoms with van der Waals surface area (Å²) in [4.78, 5) is 25.3. The van der Waals surface area contributed by atoms with Crippen LogP contribution >= 0.6 is 0 Å². The lowest BCUT2D eigenvalue weighted by Gasteiger charge is -2.37. The van der Waals surface area contributed by atoms with Crippen molar-refractivity contribution in [2.75, 3.05) is 6.54 Å². The molecule has 1 fully saturated rings. The van der Waals surface area contributed by atoms with Crippen LogP contribution in [0, 0.1) is 19.8 Å². The van der Waals surface area contributed by atoms with Gasteiger partial charge in [0.05, 0.1) is 11.6 Å². The van der Waals surface area contributed by atoms with Gasteiger partial charge >= 0.3 is 5.97 Å². The number of likely N-dealkylation sites (tertiary alicyclic amines) is 1. The molecule has 2 atom stereocenters. The average molecular weight is 279 g/mol. The third-order valence-electron chi connectivity index (χ3n) is 4.01. The van der Waals surface area contributed by atoms with Crippen LogP contribution in [0.4, 0.5) is 0 Å². The molecule has 20 heavy (non-hydrogen) atoms. The van der Waals surface area contributed by atoms with Crippen LogP contribution in [0.2, 0.25) is 0 Å². The highest BCUT2D eigenvalue weighted by atomic mass is 16.4. The first kappa shape index (κ1) is 14.6. The number of hydrogen-bond donors (Lipinski definition) is 1. The summed E-state index contributed by atoms with van der Waals surface area (Å²) in [5, 5.41) is 13.5. The van der Waals surface area contributed by atoms with Crippen molar-refractivity contribution in [3.63, 3.8) is 0 Å². The van der Waals surface area contributed by atoms with Crippen molar-refractivity contribution in [1.29, 1.82) is 0 Å². The highest BCUT2D eigenvalue weighted by molar-refractivity contribution is 5.78. The predicted octanol–water partition coefficient (Wildman–Crippen LogP) is 1.21.